The molecule has 0 aliphatic carbocycles. The van der Waals surface area contributed by atoms with E-state index in [-0.39, 0.29) is 30.1 Å². The van der Waals surface area contributed by atoms with Gasteiger partial charge in [0.1, 0.15) is 11.6 Å². The van der Waals surface area contributed by atoms with Gasteiger partial charge in [-0.05, 0) is 32.4 Å². The van der Waals surface area contributed by atoms with Crippen LogP contribution in [0.25, 0.3) is 5.82 Å². The van der Waals surface area contributed by atoms with Crippen LogP contribution in [0.1, 0.15) is 25.2 Å². The number of imidazole rings is 1. The van der Waals surface area contributed by atoms with E-state index in [0.29, 0.717) is 26.2 Å². The first-order valence-electron chi connectivity index (χ1n) is 10.0. The van der Waals surface area contributed by atoms with Crippen LogP contribution in [0.4, 0.5) is 4.79 Å². The molecule has 0 unspecified atom stereocenters. The van der Waals surface area contributed by atoms with Crippen LogP contribution in [0.15, 0.2) is 35.7 Å². The minimum absolute atomic E-state index is 0. The predicted molar refractivity (Wildman–Crippen MR) is 126 cm³/mol. The maximum atomic E-state index is 11.9. The lowest BCUT2D eigenvalue weighted by Gasteiger charge is -2.35. The molecule has 0 aromatic carbocycles. The lowest BCUT2D eigenvalue weighted by molar-refractivity contribution is 0.0914. The number of halogens is 1. The first kappa shape index (κ1) is 23.9. The number of ether oxygens (including phenoxy) is 1. The Kier molecular flexibility index (Phi) is 9.34. The summed E-state index contributed by atoms with van der Waals surface area (Å²) in [4.78, 5) is 29.3. The first-order chi connectivity index (χ1) is 14.1. The Morgan fingerprint density at radius 3 is 2.47 bits per heavy atom. The van der Waals surface area contributed by atoms with Crippen LogP contribution in [0, 0.1) is 6.92 Å². The van der Waals surface area contributed by atoms with Crippen molar-refractivity contribution in [3.63, 3.8) is 0 Å². The van der Waals surface area contributed by atoms with Crippen molar-refractivity contribution in [2.45, 2.75) is 27.3 Å². The molecule has 1 aliphatic rings. The molecule has 0 radical (unpaired) electrons. The predicted octanol–water partition coefficient (Wildman–Crippen LogP) is 2.43. The second kappa shape index (κ2) is 11.7. The molecule has 164 valence electrons. The van der Waals surface area contributed by atoms with Crippen LogP contribution in [0.2, 0.25) is 0 Å². The molecule has 3 rings (SSSR count). The van der Waals surface area contributed by atoms with E-state index in [2.05, 4.69) is 20.2 Å². The number of carbonyl (C=O) groups is 1. The van der Waals surface area contributed by atoms with Crippen molar-refractivity contribution in [2.24, 2.45) is 4.99 Å². The number of amides is 1. The Bertz CT molecular complexity index is 830. The molecule has 1 amide bonds. The van der Waals surface area contributed by atoms with E-state index < -0.39 is 0 Å². The summed E-state index contributed by atoms with van der Waals surface area (Å²) in [6.45, 7) is 10.2. The molecule has 9 nitrogen and oxygen atoms in total. The number of carbonyl (C=O) groups excluding carboxylic acids is 1. The minimum Gasteiger partial charge on any atom is -0.450 e. The average Bonchev–Trinajstić information content (AvgIpc) is 3.18. The number of guanidine groups is 1. The minimum atomic E-state index is -0.242. The largest absolute Gasteiger partial charge is 0.450 e. The molecule has 0 spiro atoms. The van der Waals surface area contributed by atoms with E-state index in [1.807, 2.05) is 49.9 Å². The van der Waals surface area contributed by atoms with Gasteiger partial charge in [-0.2, -0.15) is 0 Å². The average molecular weight is 527 g/mol. The third-order valence-corrected chi connectivity index (χ3v) is 4.73. The number of hydrogen-bond acceptors (Lipinski definition) is 5. The summed E-state index contributed by atoms with van der Waals surface area (Å²) in [5, 5.41) is 3.34. The number of aromatic nitrogens is 3. The highest BCUT2D eigenvalue weighted by molar-refractivity contribution is 14.0. The summed E-state index contributed by atoms with van der Waals surface area (Å²) < 4.78 is 7.03. The molecule has 1 fully saturated rings. The Morgan fingerprint density at radius 1 is 1.17 bits per heavy atom. The fraction of sp³-hybridized carbons (Fsp3) is 0.500. The van der Waals surface area contributed by atoms with Gasteiger partial charge < -0.3 is 19.9 Å². The monoisotopic (exact) mass is 527 g/mol. The van der Waals surface area contributed by atoms with Crippen LogP contribution in [0.5, 0.6) is 0 Å². The van der Waals surface area contributed by atoms with E-state index in [1.54, 1.807) is 11.1 Å². The van der Waals surface area contributed by atoms with Crippen molar-refractivity contribution in [1.82, 2.24) is 29.7 Å². The number of pyridine rings is 1. The summed E-state index contributed by atoms with van der Waals surface area (Å²) in [6, 6.07) is 4.01. The van der Waals surface area contributed by atoms with Gasteiger partial charge in [-0.25, -0.2) is 19.8 Å². The lowest BCUT2D eigenvalue weighted by Crippen LogP contribution is -2.53. The number of hydrogen-bond donors (Lipinski definition) is 1. The van der Waals surface area contributed by atoms with E-state index in [1.165, 1.54) is 0 Å². The summed E-state index contributed by atoms with van der Waals surface area (Å²) in [5.41, 5.74) is 1.03. The Balaban J connectivity index is 0.00000320. The van der Waals surface area contributed by atoms with Crippen molar-refractivity contribution >= 4 is 36.0 Å². The molecule has 0 saturated carbocycles. The van der Waals surface area contributed by atoms with Crippen LogP contribution in [-0.2, 0) is 11.3 Å². The van der Waals surface area contributed by atoms with Crippen molar-refractivity contribution in [2.75, 3.05) is 39.3 Å². The third-order valence-electron chi connectivity index (χ3n) is 4.73. The molecule has 0 atom stereocenters. The molecule has 30 heavy (non-hydrogen) atoms. The number of nitrogens with one attached hydrogen (secondary N) is 1. The van der Waals surface area contributed by atoms with Gasteiger partial charge in [0, 0.05) is 51.3 Å². The lowest BCUT2D eigenvalue weighted by atomic mass is 10.3. The maximum absolute atomic E-state index is 11.9. The van der Waals surface area contributed by atoms with E-state index in [0.717, 1.165) is 42.8 Å². The standard InChI is InChI=1S/C20H29N7O2.HI/c1-4-21-19(25-10-12-26(13-11-25)20(28)29-5-2)24-15-17-6-7-18(23-14-17)27-9-8-22-16(27)3;/h6-9,14H,4-5,10-13,15H2,1-3H3,(H,21,24);1H. The number of piperazine rings is 1. The van der Waals surface area contributed by atoms with Gasteiger partial charge in [0.25, 0.3) is 0 Å². The fourth-order valence-electron chi connectivity index (χ4n) is 3.18. The Morgan fingerprint density at radius 2 is 1.90 bits per heavy atom. The van der Waals surface area contributed by atoms with Gasteiger partial charge in [0.05, 0.1) is 13.2 Å². The SMILES string of the molecule is CCNC(=NCc1ccc(-n2ccnc2C)nc1)N1CCN(C(=O)OCC)CC1.I. The molecule has 10 heteroatoms. The van der Waals surface area contributed by atoms with Gasteiger partial charge in [-0.15, -0.1) is 24.0 Å². The van der Waals surface area contributed by atoms with Crippen molar-refractivity contribution < 1.29 is 9.53 Å². The van der Waals surface area contributed by atoms with Crippen LogP contribution in [-0.4, -0.2) is 75.7 Å². The fourth-order valence-corrected chi connectivity index (χ4v) is 3.18. The molecule has 0 bridgehead atoms. The molecular formula is C20H30IN7O2. The van der Waals surface area contributed by atoms with Gasteiger partial charge in [-0.1, -0.05) is 6.07 Å². The summed E-state index contributed by atoms with van der Waals surface area (Å²) in [7, 11) is 0. The zero-order valence-electron chi connectivity index (χ0n) is 17.7. The van der Waals surface area contributed by atoms with Gasteiger partial charge in [0.2, 0.25) is 0 Å². The first-order valence-corrected chi connectivity index (χ1v) is 10.0. The zero-order valence-corrected chi connectivity index (χ0v) is 20.1. The number of aryl methyl sites for hydroxylation is 1. The smallest absolute Gasteiger partial charge is 0.409 e. The molecule has 2 aromatic rings. The van der Waals surface area contributed by atoms with Crippen LogP contribution < -0.4 is 5.32 Å². The van der Waals surface area contributed by atoms with Gasteiger partial charge in [0.15, 0.2) is 5.96 Å². The normalized spacial score (nSPS) is 14.3. The Hall–Kier alpha value is -2.37. The third kappa shape index (κ3) is 6.07. The number of aliphatic imine (C=N–C) groups is 1. The summed E-state index contributed by atoms with van der Waals surface area (Å²) in [5.74, 6) is 2.60. The molecule has 1 saturated heterocycles. The van der Waals surface area contributed by atoms with Gasteiger partial charge >= 0.3 is 6.09 Å². The maximum Gasteiger partial charge on any atom is 0.409 e. The highest BCUT2D eigenvalue weighted by Crippen LogP contribution is 2.10. The summed E-state index contributed by atoms with van der Waals surface area (Å²) in [6.07, 6.45) is 5.27. The molecule has 3 heterocycles. The van der Waals surface area contributed by atoms with E-state index in [4.69, 9.17) is 9.73 Å². The quantitative estimate of drug-likeness (QED) is 0.365. The zero-order chi connectivity index (χ0) is 20.6. The van der Waals surface area contributed by atoms with Crippen molar-refractivity contribution in [3.8, 4) is 5.82 Å². The van der Waals surface area contributed by atoms with Crippen molar-refractivity contribution in [1.29, 1.82) is 0 Å². The van der Waals surface area contributed by atoms with Gasteiger partial charge in [-0.3, -0.25) is 4.57 Å². The van der Waals surface area contributed by atoms with Crippen LogP contribution in [0.3, 0.4) is 0 Å². The topological polar surface area (TPSA) is 87.9 Å². The highest BCUT2D eigenvalue weighted by atomic mass is 127. The van der Waals surface area contributed by atoms with E-state index >= 15 is 0 Å². The summed E-state index contributed by atoms with van der Waals surface area (Å²) >= 11 is 0. The van der Waals surface area contributed by atoms with E-state index in [9.17, 15) is 4.79 Å². The molecule has 2 aromatic heterocycles. The number of rotatable bonds is 5. The molecule has 1 N–H and O–H groups in total. The number of nitrogens with zero attached hydrogens (tertiary/aromatic N) is 6. The molecular weight excluding hydrogens is 497 g/mol. The highest BCUT2D eigenvalue weighted by Gasteiger charge is 2.23. The van der Waals surface area contributed by atoms with Crippen LogP contribution >= 0.6 is 24.0 Å². The second-order valence-corrected chi connectivity index (χ2v) is 6.71. The second-order valence-electron chi connectivity index (χ2n) is 6.71. The Labute approximate surface area is 194 Å². The van der Waals surface area contributed by atoms with Crippen molar-refractivity contribution in [3.05, 3.63) is 42.1 Å². The molecule has 1 aliphatic heterocycles.